The van der Waals surface area contributed by atoms with Crippen LogP contribution in [0.1, 0.15) is 18.5 Å². The zero-order valence-electron chi connectivity index (χ0n) is 12.6. The molecule has 0 spiro atoms. The molecule has 2 atom stereocenters. The Bertz CT molecular complexity index is 487. The average molecular weight is 294 g/mol. The van der Waals surface area contributed by atoms with Gasteiger partial charge in [0.25, 0.3) is 0 Å². The Hall–Kier alpha value is -1.79. The molecule has 2 N–H and O–H groups in total. The lowest BCUT2D eigenvalue weighted by Crippen LogP contribution is -2.51. The van der Waals surface area contributed by atoms with Gasteiger partial charge in [-0.25, -0.2) is 0 Å². The fraction of sp³-hybridized carbons (Fsp3) is 0.533. The maximum Gasteiger partial charge on any atom is 0.240 e. The van der Waals surface area contributed by atoms with Gasteiger partial charge in [-0.15, -0.1) is 0 Å². The third kappa shape index (κ3) is 3.86. The molecule has 6 heteroatoms. The van der Waals surface area contributed by atoms with Crippen molar-refractivity contribution in [2.24, 2.45) is 0 Å². The quantitative estimate of drug-likeness (QED) is 0.843. The predicted molar refractivity (Wildman–Crippen MR) is 78.7 cm³/mol. The van der Waals surface area contributed by atoms with Gasteiger partial charge < -0.3 is 24.8 Å². The Labute approximate surface area is 124 Å². The van der Waals surface area contributed by atoms with Gasteiger partial charge in [0.05, 0.1) is 33.5 Å². The smallest absolute Gasteiger partial charge is 0.240 e. The van der Waals surface area contributed by atoms with Crippen LogP contribution in [0.5, 0.6) is 11.5 Å². The van der Waals surface area contributed by atoms with E-state index < -0.39 is 0 Å². The zero-order valence-corrected chi connectivity index (χ0v) is 12.6. The second-order valence-corrected chi connectivity index (χ2v) is 4.92. The molecular formula is C15H22N2O4. The molecule has 21 heavy (non-hydrogen) atoms. The summed E-state index contributed by atoms with van der Waals surface area (Å²) in [5.74, 6) is 1.37. The van der Waals surface area contributed by atoms with Crippen LogP contribution in [0.4, 0.5) is 0 Å². The number of methoxy groups -OCH3 is 2. The van der Waals surface area contributed by atoms with Crippen LogP contribution in [0.2, 0.25) is 0 Å². The lowest BCUT2D eigenvalue weighted by Gasteiger charge is -2.25. The van der Waals surface area contributed by atoms with Crippen LogP contribution in [0.25, 0.3) is 0 Å². The van der Waals surface area contributed by atoms with Gasteiger partial charge in [-0.05, 0) is 25.1 Å². The third-order valence-electron chi connectivity index (χ3n) is 3.50. The summed E-state index contributed by atoms with van der Waals surface area (Å²) in [6.07, 6.45) is 0. The van der Waals surface area contributed by atoms with E-state index in [1.165, 1.54) is 0 Å². The average Bonchev–Trinajstić information content (AvgIpc) is 2.54. The molecule has 1 fully saturated rings. The SMILES string of the molecule is COc1ccc(OC)c(C(C)NC(=O)C2COCCN2)c1. The standard InChI is InChI=1S/C15H22N2O4/c1-10(17-15(18)13-9-21-7-6-16-13)12-8-11(19-2)4-5-14(12)20-3/h4-5,8,10,13,16H,6-7,9H2,1-3H3,(H,17,18). The minimum Gasteiger partial charge on any atom is -0.497 e. The summed E-state index contributed by atoms with van der Waals surface area (Å²) in [4.78, 5) is 12.2. The summed E-state index contributed by atoms with van der Waals surface area (Å²) in [6.45, 7) is 3.64. The predicted octanol–water partition coefficient (Wildman–Crippen LogP) is 0.869. The largest absolute Gasteiger partial charge is 0.497 e. The van der Waals surface area contributed by atoms with Crippen LogP contribution in [0.3, 0.4) is 0 Å². The maximum absolute atomic E-state index is 12.2. The first kappa shape index (κ1) is 15.6. The molecule has 2 rings (SSSR count). The highest BCUT2D eigenvalue weighted by Crippen LogP contribution is 2.29. The van der Waals surface area contributed by atoms with E-state index in [4.69, 9.17) is 14.2 Å². The number of nitrogens with one attached hydrogen (secondary N) is 2. The molecule has 0 aromatic heterocycles. The summed E-state index contributed by atoms with van der Waals surface area (Å²) in [6, 6.07) is 5.03. The Balaban J connectivity index is 2.08. The maximum atomic E-state index is 12.2. The molecule has 0 saturated carbocycles. The molecule has 1 aliphatic heterocycles. The monoisotopic (exact) mass is 294 g/mol. The Morgan fingerprint density at radius 1 is 1.43 bits per heavy atom. The summed E-state index contributed by atoms with van der Waals surface area (Å²) < 4.78 is 15.9. The van der Waals surface area contributed by atoms with E-state index in [1.54, 1.807) is 14.2 Å². The molecule has 116 valence electrons. The minimum atomic E-state index is -0.308. The number of ether oxygens (including phenoxy) is 3. The first-order valence-corrected chi connectivity index (χ1v) is 6.99. The van der Waals surface area contributed by atoms with Gasteiger partial charge in [-0.1, -0.05) is 0 Å². The van der Waals surface area contributed by atoms with Gasteiger partial charge in [0.1, 0.15) is 17.5 Å². The van der Waals surface area contributed by atoms with Gasteiger partial charge in [-0.2, -0.15) is 0 Å². The molecule has 0 aliphatic carbocycles. The van der Waals surface area contributed by atoms with E-state index in [0.29, 0.717) is 19.8 Å². The molecule has 6 nitrogen and oxygen atoms in total. The summed E-state index contributed by atoms with van der Waals surface area (Å²) in [7, 11) is 3.22. The number of rotatable bonds is 5. The second kappa shape index (κ2) is 7.28. The number of benzene rings is 1. The Kier molecular flexibility index (Phi) is 5.41. The van der Waals surface area contributed by atoms with Crippen LogP contribution < -0.4 is 20.1 Å². The van der Waals surface area contributed by atoms with Gasteiger partial charge in [0.15, 0.2) is 0 Å². The van der Waals surface area contributed by atoms with Crippen LogP contribution in [-0.4, -0.2) is 45.9 Å². The normalized spacial score (nSPS) is 19.7. The minimum absolute atomic E-state index is 0.0768. The van der Waals surface area contributed by atoms with Gasteiger partial charge in [0, 0.05) is 12.1 Å². The van der Waals surface area contributed by atoms with Crippen molar-refractivity contribution < 1.29 is 19.0 Å². The van der Waals surface area contributed by atoms with E-state index in [1.807, 2.05) is 25.1 Å². The van der Waals surface area contributed by atoms with E-state index in [0.717, 1.165) is 17.1 Å². The Morgan fingerprint density at radius 2 is 2.24 bits per heavy atom. The summed E-state index contributed by atoms with van der Waals surface area (Å²) >= 11 is 0. The lowest BCUT2D eigenvalue weighted by atomic mass is 10.1. The van der Waals surface area contributed by atoms with E-state index >= 15 is 0 Å². The van der Waals surface area contributed by atoms with Crippen LogP contribution in [0, 0.1) is 0 Å². The van der Waals surface area contributed by atoms with Crippen molar-refractivity contribution in [2.75, 3.05) is 34.0 Å². The van der Waals surface area contributed by atoms with Gasteiger partial charge in [-0.3, -0.25) is 4.79 Å². The number of morpholine rings is 1. The zero-order chi connectivity index (χ0) is 15.2. The number of hydrogen-bond acceptors (Lipinski definition) is 5. The van der Waals surface area contributed by atoms with Crippen LogP contribution >= 0.6 is 0 Å². The highest BCUT2D eigenvalue weighted by atomic mass is 16.5. The third-order valence-corrected chi connectivity index (χ3v) is 3.50. The van der Waals surface area contributed by atoms with E-state index in [2.05, 4.69) is 10.6 Å². The first-order chi connectivity index (χ1) is 10.2. The molecule has 1 amide bonds. The molecular weight excluding hydrogens is 272 g/mol. The van der Waals surface area contributed by atoms with Crippen molar-refractivity contribution in [3.63, 3.8) is 0 Å². The number of carbonyl (C=O) groups is 1. The number of hydrogen-bond donors (Lipinski definition) is 2. The first-order valence-electron chi connectivity index (χ1n) is 6.99. The van der Waals surface area contributed by atoms with Crippen molar-refractivity contribution in [1.29, 1.82) is 0 Å². The van der Waals surface area contributed by atoms with Crippen molar-refractivity contribution in [1.82, 2.24) is 10.6 Å². The molecule has 1 aliphatic rings. The second-order valence-electron chi connectivity index (χ2n) is 4.92. The highest BCUT2D eigenvalue weighted by Gasteiger charge is 2.23. The fourth-order valence-electron chi connectivity index (χ4n) is 2.30. The lowest BCUT2D eigenvalue weighted by molar-refractivity contribution is -0.126. The van der Waals surface area contributed by atoms with E-state index in [-0.39, 0.29) is 18.0 Å². The van der Waals surface area contributed by atoms with Crippen LogP contribution in [0.15, 0.2) is 18.2 Å². The van der Waals surface area contributed by atoms with Crippen molar-refractivity contribution in [2.45, 2.75) is 19.0 Å². The molecule has 1 saturated heterocycles. The van der Waals surface area contributed by atoms with Crippen LogP contribution in [-0.2, 0) is 9.53 Å². The summed E-state index contributed by atoms with van der Waals surface area (Å²) in [5.41, 5.74) is 0.877. The number of carbonyl (C=O) groups excluding carboxylic acids is 1. The molecule has 1 heterocycles. The topological polar surface area (TPSA) is 68.8 Å². The number of amides is 1. The molecule has 0 radical (unpaired) electrons. The summed E-state index contributed by atoms with van der Waals surface area (Å²) in [5, 5.41) is 6.11. The molecule has 1 aromatic rings. The van der Waals surface area contributed by atoms with Gasteiger partial charge >= 0.3 is 0 Å². The van der Waals surface area contributed by atoms with Crippen molar-refractivity contribution in [3.8, 4) is 11.5 Å². The molecule has 2 unspecified atom stereocenters. The van der Waals surface area contributed by atoms with Crippen molar-refractivity contribution >= 4 is 5.91 Å². The molecule has 1 aromatic carbocycles. The molecule has 0 bridgehead atoms. The highest BCUT2D eigenvalue weighted by molar-refractivity contribution is 5.82. The Morgan fingerprint density at radius 3 is 2.86 bits per heavy atom. The fourth-order valence-corrected chi connectivity index (χ4v) is 2.30. The van der Waals surface area contributed by atoms with E-state index in [9.17, 15) is 4.79 Å². The van der Waals surface area contributed by atoms with Crippen molar-refractivity contribution in [3.05, 3.63) is 23.8 Å². The van der Waals surface area contributed by atoms with Gasteiger partial charge in [0.2, 0.25) is 5.91 Å².